The normalized spacial score (nSPS) is 13.3. The first kappa shape index (κ1) is 19.8. The van der Waals surface area contributed by atoms with Crippen molar-refractivity contribution in [2.75, 3.05) is 10.6 Å². The third-order valence-corrected chi connectivity index (χ3v) is 6.64. The van der Waals surface area contributed by atoms with Crippen LogP contribution in [-0.2, 0) is 12.8 Å². The number of aryl methyl sites for hydroxylation is 1. The van der Waals surface area contributed by atoms with E-state index in [4.69, 9.17) is 0 Å². The number of fused-ring (bicyclic) bond motifs is 1. The number of benzene rings is 1. The maximum absolute atomic E-state index is 13.2. The molecule has 0 fully saturated rings. The van der Waals surface area contributed by atoms with Crippen molar-refractivity contribution in [3.63, 3.8) is 0 Å². The van der Waals surface area contributed by atoms with E-state index in [1.807, 2.05) is 24.3 Å². The molecule has 7 heteroatoms. The lowest BCUT2D eigenvalue weighted by Gasteiger charge is -2.10. The van der Waals surface area contributed by atoms with Crippen LogP contribution in [0.25, 0.3) is 0 Å². The van der Waals surface area contributed by atoms with Gasteiger partial charge in [-0.2, -0.15) is 0 Å². The van der Waals surface area contributed by atoms with Gasteiger partial charge in [-0.1, -0.05) is 22.4 Å². The number of nitrogens with zero attached hydrogens (tertiary/aromatic N) is 1. The molecular formula is C22H20BrN3O2S. The van der Waals surface area contributed by atoms with Gasteiger partial charge in [0.2, 0.25) is 0 Å². The fourth-order valence-electron chi connectivity index (χ4n) is 3.47. The van der Waals surface area contributed by atoms with E-state index >= 15 is 0 Å². The Labute approximate surface area is 181 Å². The molecule has 5 nitrogen and oxygen atoms in total. The van der Waals surface area contributed by atoms with Crippen molar-refractivity contribution in [1.82, 2.24) is 4.98 Å². The van der Waals surface area contributed by atoms with E-state index in [1.165, 1.54) is 22.4 Å². The molecule has 1 aliphatic carbocycles. The number of carbonyl (C=O) groups is 2. The lowest BCUT2D eigenvalue weighted by atomic mass is 10.0. The smallest absolute Gasteiger partial charge is 0.258 e. The van der Waals surface area contributed by atoms with Crippen molar-refractivity contribution in [3.05, 3.63) is 74.8 Å². The fourth-order valence-corrected chi connectivity index (χ4v) is 5.02. The van der Waals surface area contributed by atoms with E-state index in [9.17, 15) is 9.59 Å². The molecule has 2 N–H and O–H groups in total. The van der Waals surface area contributed by atoms with Gasteiger partial charge in [0, 0.05) is 27.4 Å². The second-order valence-corrected chi connectivity index (χ2v) is 8.95. The molecule has 0 spiro atoms. The molecule has 0 radical (unpaired) electrons. The Bertz CT molecular complexity index is 1030. The molecule has 0 saturated heterocycles. The topological polar surface area (TPSA) is 71.1 Å². The van der Waals surface area contributed by atoms with Gasteiger partial charge < -0.3 is 10.6 Å². The van der Waals surface area contributed by atoms with Crippen molar-refractivity contribution >= 4 is 49.8 Å². The number of pyridine rings is 1. The number of amides is 2. The van der Waals surface area contributed by atoms with Crippen LogP contribution in [0.1, 0.15) is 50.4 Å². The zero-order valence-corrected chi connectivity index (χ0v) is 18.1. The maximum atomic E-state index is 13.2. The number of aromatic nitrogens is 1. The summed E-state index contributed by atoms with van der Waals surface area (Å²) in [5, 5.41) is 6.54. The van der Waals surface area contributed by atoms with Crippen LogP contribution in [0.5, 0.6) is 0 Å². The summed E-state index contributed by atoms with van der Waals surface area (Å²) in [5.74, 6) is -0.444. The van der Waals surface area contributed by atoms with Crippen LogP contribution in [0.3, 0.4) is 0 Å². The van der Waals surface area contributed by atoms with Gasteiger partial charge in [0.1, 0.15) is 5.00 Å². The van der Waals surface area contributed by atoms with Crippen LogP contribution in [-0.4, -0.2) is 16.8 Å². The maximum Gasteiger partial charge on any atom is 0.258 e. The molecule has 1 aliphatic rings. The molecule has 0 bridgehead atoms. The summed E-state index contributed by atoms with van der Waals surface area (Å²) in [7, 11) is 0. The van der Waals surface area contributed by atoms with E-state index in [1.54, 1.807) is 18.3 Å². The Hall–Kier alpha value is -2.51. The summed E-state index contributed by atoms with van der Waals surface area (Å²) in [4.78, 5) is 31.1. The van der Waals surface area contributed by atoms with Crippen molar-refractivity contribution in [1.29, 1.82) is 0 Å². The van der Waals surface area contributed by atoms with Gasteiger partial charge in [-0.3, -0.25) is 14.6 Å². The Morgan fingerprint density at radius 1 is 0.966 bits per heavy atom. The minimum absolute atomic E-state index is 0.187. The first-order valence-electron chi connectivity index (χ1n) is 9.54. The Balaban J connectivity index is 1.66. The molecular weight excluding hydrogens is 450 g/mol. The zero-order valence-electron chi connectivity index (χ0n) is 15.7. The summed E-state index contributed by atoms with van der Waals surface area (Å²) in [6.07, 6.45) is 8.28. The highest BCUT2D eigenvalue weighted by Gasteiger charge is 2.26. The Morgan fingerprint density at radius 3 is 2.52 bits per heavy atom. The van der Waals surface area contributed by atoms with Gasteiger partial charge in [-0.15, -0.1) is 11.3 Å². The van der Waals surface area contributed by atoms with Crippen molar-refractivity contribution in [2.24, 2.45) is 0 Å². The lowest BCUT2D eigenvalue weighted by molar-refractivity contribution is 0.102. The molecule has 4 rings (SSSR count). The predicted octanol–water partition coefficient (Wildman–Crippen LogP) is 5.68. The van der Waals surface area contributed by atoms with Gasteiger partial charge in [-0.05, 0) is 67.6 Å². The third kappa shape index (κ3) is 4.57. The van der Waals surface area contributed by atoms with E-state index in [0.717, 1.165) is 47.8 Å². The van der Waals surface area contributed by atoms with E-state index < -0.39 is 0 Å². The predicted molar refractivity (Wildman–Crippen MR) is 120 cm³/mol. The number of rotatable bonds is 4. The van der Waals surface area contributed by atoms with Crippen molar-refractivity contribution in [2.45, 2.75) is 32.1 Å². The van der Waals surface area contributed by atoms with Gasteiger partial charge in [-0.25, -0.2) is 0 Å². The summed E-state index contributed by atoms with van der Waals surface area (Å²) >= 11 is 4.92. The highest BCUT2D eigenvalue weighted by molar-refractivity contribution is 9.10. The van der Waals surface area contributed by atoms with E-state index in [-0.39, 0.29) is 11.8 Å². The molecule has 3 aromatic rings. The van der Waals surface area contributed by atoms with Gasteiger partial charge in [0.25, 0.3) is 11.8 Å². The van der Waals surface area contributed by atoms with Gasteiger partial charge in [0.05, 0.1) is 11.1 Å². The third-order valence-electron chi connectivity index (χ3n) is 4.90. The number of anilines is 2. The highest BCUT2D eigenvalue weighted by Crippen LogP contribution is 2.38. The average molecular weight is 470 g/mol. The van der Waals surface area contributed by atoms with Gasteiger partial charge >= 0.3 is 0 Å². The molecule has 2 amide bonds. The minimum Gasteiger partial charge on any atom is -0.322 e. The molecule has 148 valence electrons. The summed E-state index contributed by atoms with van der Waals surface area (Å²) in [5.41, 5.74) is 2.85. The molecule has 2 aromatic heterocycles. The SMILES string of the molecule is O=C(Nc1sc2c(c1C(=O)Nc1ccc(Br)cc1)CCCCC2)c1cccnc1. The van der Waals surface area contributed by atoms with Crippen LogP contribution in [0.2, 0.25) is 0 Å². The number of nitrogens with one attached hydrogen (secondary N) is 2. The van der Waals surface area contributed by atoms with Gasteiger partial charge in [0.15, 0.2) is 0 Å². The zero-order chi connectivity index (χ0) is 20.2. The molecule has 1 aromatic carbocycles. The Kier molecular flexibility index (Phi) is 6.06. The molecule has 29 heavy (non-hydrogen) atoms. The first-order chi connectivity index (χ1) is 14.1. The van der Waals surface area contributed by atoms with Crippen molar-refractivity contribution < 1.29 is 9.59 Å². The molecule has 2 heterocycles. The summed E-state index contributed by atoms with van der Waals surface area (Å²) < 4.78 is 0.948. The molecule has 0 saturated carbocycles. The van der Waals surface area contributed by atoms with E-state index in [0.29, 0.717) is 16.1 Å². The highest BCUT2D eigenvalue weighted by atomic mass is 79.9. The number of halogens is 1. The van der Waals surface area contributed by atoms with Crippen LogP contribution in [0, 0.1) is 0 Å². The molecule has 0 atom stereocenters. The summed E-state index contributed by atoms with van der Waals surface area (Å²) in [6.45, 7) is 0. The molecule has 0 unspecified atom stereocenters. The molecule has 0 aliphatic heterocycles. The van der Waals surface area contributed by atoms with Crippen LogP contribution in [0.4, 0.5) is 10.7 Å². The number of thiophene rings is 1. The Morgan fingerprint density at radius 2 is 1.76 bits per heavy atom. The largest absolute Gasteiger partial charge is 0.322 e. The number of hydrogen-bond donors (Lipinski definition) is 2. The first-order valence-corrected chi connectivity index (χ1v) is 11.2. The van der Waals surface area contributed by atoms with Crippen LogP contribution < -0.4 is 10.6 Å². The average Bonchev–Trinajstić information content (AvgIpc) is 2.90. The summed E-state index contributed by atoms with van der Waals surface area (Å²) in [6, 6.07) is 10.9. The second kappa shape index (κ2) is 8.88. The lowest BCUT2D eigenvalue weighted by Crippen LogP contribution is -2.18. The monoisotopic (exact) mass is 469 g/mol. The number of hydrogen-bond acceptors (Lipinski definition) is 4. The van der Waals surface area contributed by atoms with Crippen LogP contribution in [0.15, 0.2) is 53.3 Å². The standard InChI is InChI=1S/C22H20BrN3O2S/c23-15-8-10-16(11-9-15)25-21(28)19-17-6-2-1-3-7-18(17)29-22(19)26-20(27)14-5-4-12-24-13-14/h4-5,8-13H,1-3,6-7H2,(H,25,28)(H,26,27). The van der Waals surface area contributed by atoms with Crippen molar-refractivity contribution in [3.8, 4) is 0 Å². The van der Waals surface area contributed by atoms with E-state index in [2.05, 4.69) is 31.5 Å². The number of carbonyl (C=O) groups excluding carboxylic acids is 2. The fraction of sp³-hybridized carbons (Fsp3) is 0.227. The quantitative estimate of drug-likeness (QED) is 0.482. The minimum atomic E-state index is -0.257. The second-order valence-electron chi connectivity index (χ2n) is 6.93. The van der Waals surface area contributed by atoms with Crippen LogP contribution >= 0.6 is 27.3 Å².